The van der Waals surface area contributed by atoms with Crippen LogP contribution in [0, 0.1) is 13.8 Å². The van der Waals surface area contributed by atoms with E-state index in [-0.39, 0.29) is 0 Å². The van der Waals surface area contributed by atoms with Crippen LogP contribution in [0.1, 0.15) is 11.1 Å². The van der Waals surface area contributed by atoms with Crippen LogP contribution in [0.3, 0.4) is 0 Å². The van der Waals surface area contributed by atoms with Crippen LogP contribution in [-0.2, 0) is 0 Å². The first-order valence-corrected chi connectivity index (χ1v) is 4.84. The Morgan fingerprint density at radius 1 is 1.07 bits per heavy atom. The van der Waals surface area contributed by atoms with Gasteiger partial charge in [-0.3, -0.25) is 0 Å². The van der Waals surface area contributed by atoms with E-state index in [0.29, 0.717) is 13.4 Å². The molecule has 15 heavy (non-hydrogen) atoms. The summed E-state index contributed by atoms with van der Waals surface area (Å²) in [6.07, 6.45) is 0. The maximum absolute atomic E-state index is 8.68. The summed E-state index contributed by atoms with van der Waals surface area (Å²) in [4.78, 5) is 0. The molecule has 1 radical (unpaired) electrons. The lowest BCUT2D eigenvalue weighted by molar-refractivity contribution is 0.456. The Bertz CT molecular complexity index is 489. The van der Waals surface area contributed by atoms with Gasteiger partial charge in [0.25, 0.3) is 0 Å². The summed E-state index contributed by atoms with van der Waals surface area (Å²) in [7, 11) is 0.716. The van der Waals surface area contributed by atoms with E-state index in [0.717, 1.165) is 16.3 Å². The molecule has 0 spiro atoms. The fraction of sp³-hybridized carbons (Fsp3) is 0.167. The minimum Gasteiger partial charge on any atom is -0.537 e. The Labute approximate surface area is 89.8 Å². The molecule has 75 valence electrons. The molecule has 0 aromatic heterocycles. The van der Waals surface area contributed by atoms with Gasteiger partial charge in [-0.15, -0.1) is 0 Å². The van der Waals surface area contributed by atoms with E-state index in [4.69, 9.17) is 9.68 Å². The molecule has 0 aliphatic carbocycles. The van der Waals surface area contributed by atoms with E-state index in [1.165, 1.54) is 5.56 Å². The first kappa shape index (κ1) is 10.1. The van der Waals surface area contributed by atoms with E-state index in [9.17, 15) is 0 Å². The van der Waals surface area contributed by atoms with Crippen LogP contribution in [0.4, 0.5) is 0 Å². The summed E-state index contributed by atoms with van der Waals surface area (Å²) in [5.41, 5.74) is 2.33. The van der Waals surface area contributed by atoms with Crippen LogP contribution >= 0.6 is 0 Å². The number of rotatable bonds is 2. The van der Waals surface area contributed by atoms with E-state index in [1.54, 1.807) is 0 Å². The largest absolute Gasteiger partial charge is 0.569 e. The summed E-state index contributed by atoms with van der Waals surface area (Å²) in [5, 5.41) is 10.8. The van der Waals surface area contributed by atoms with Gasteiger partial charge in [0.05, 0.1) is 0 Å². The molecule has 0 heterocycles. The fourth-order valence-corrected chi connectivity index (χ4v) is 1.75. The van der Waals surface area contributed by atoms with Gasteiger partial charge in [-0.25, -0.2) is 0 Å². The minimum atomic E-state index is 0.688. The molecule has 0 amide bonds. The van der Waals surface area contributed by atoms with Crippen molar-refractivity contribution in [3.05, 3.63) is 41.5 Å². The normalized spacial score (nSPS) is 10.3. The predicted octanol–water partition coefficient (Wildman–Crippen LogP) is 2.36. The van der Waals surface area contributed by atoms with Gasteiger partial charge in [-0.05, 0) is 30.9 Å². The van der Waals surface area contributed by atoms with Crippen molar-refractivity contribution < 1.29 is 9.68 Å². The molecule has 0 aliphatic heterocycles. The Morgan fingerprint density at radius 3 is 2.53 bits per heavy atom. The highest BCUT2D eigenvalue weighted by Gasteiger charge is 2.04. The van der Waals surface area contributed by atoms with Crippen molar-refractivity contribution in [2.75, 3.05) is 0 Å². The number of hydrogen-bond acceptors (Lipinski definition) is 2. The maximum atomic E-state index is 8.68. The van der Waals surface area contributed by atoms with Crippen LogP contribution in [0.15, 0.2) is 30.3 Å². The summed E-state index contributed by atoms with van der Waals surface area (Å²) in [6, 6.07) is 10.1. The first-order chi connectivity index (χ1) is 7.20. The zero-order valence-electron chi connectivity index (χ0n) is 8.82. The van der Waals surface area contributed by atoms with Gasteiger partial charge < -0.3 is 9.68 Å². The molecular weight excluding hydrogens is 187 g/mol. The zero-order valence-corrected chi connectivity index (χ0v) is 8.82. The zero-order chi connectivity index (χ0) is 10.8. The van der Waals surface area contributed by atoms with Crippen molar-refractivity contribution >= 4 is 18.5 Å². The van der Waals surface area contributed by atoms with Crippen molar-refractivity contribution in [2.24, 2.45) is 0 Å². The van der Waals surface area contributed by atoms with E-state index < -0.39 is 0 Å². The fourth-order valence-electron chi connectivity index (χ4n) is 1.75. The second-order valence-electron chi connectivity index (χ2n) is 3.71. The molecule has 0 aliphatic rings. The Hall–Kier alpha value is -1.48. The molecule has 0 fully saturated rings. The molecule has 0 saturated carbocycles. The van der Waals surface area contributed by atoms with Gasteiger partial charge in [0.2, 0.25) is 0 Å². The molecule has 2 aromatic carbocycles. The smallest absolute Gasteiger partial charge is 0.537 e. The predicted molar refractivity (Wildman–Crippen MR) is 62.0 cm³/mol. The molecule has 2 rings (SSSR count). The summed E-state index contributed by atoms with van der Waals surface area (Å²) < 4.78 is 5.07. The number of fused-ring (bicyclic) bond motifs is 1. The number of aryl methyl sites for hydroxylation is 2. The van der Waals surface area contributed by atoms with Crippen molar-refractivity contribution in [2.45, 2.75) is 13.8 Å². The van der Waals surface area contributed by atoms with E-state index >= 15 is 0 Å². The van der Waals surface area contributed by atoms with E-state index in [1.807, 2.05) is 25.1 Å². The lowest BCUT2D eigenvalue weighted by Gasteiger charge is -2.08. The molecule has 1 N–H and O–H groups in total. The van der Waals surface area contributed by atoms with Crippen molar-refractivity contribution in [1.82, 2.24) is 0 Å². The average molecular weight is 199 g/mol. The molecule has 0 atom stereocenters. The third-order valence-electron chi connectivity index (χ3n) is 2.39. The summed E-state index contributed by atoms with van der Waals surface area (Å²) in [6.45, 7) is 4.06. The average Bonchev–Trinajstić information content (AvgIpc) is 2.17. The summed E-state index contributed by atoms with van der Waals surface area (Å²) in [5.74, 6) is 0.688. The molecule has 2 aromatic rings. The third kappa shape index (κ3) is 1.97. The molecular formula is C12H12BO2. The van der Waals surface area contributed by atoms with Gasteiger partial charge in [0.15, 0.2) is 0 Å². The van der Waals surface area contributed by atoms with Gasteiger partial charge in [0, 0.05) is 5.39 Å². The quantitative estimate of drug-likeness (QED) is 0.752. The van der Waals surface area contributed by atoms with Gasteiger partial charge in [0.1, 0.15) is 5.75 Å². The topological polar surface area (TPSA) is 29.5 Å². The van der Waals surface area contributed by atoms with Crippen molar-refractivity contribution in [3.63, 3.8) is 0 Å². The second-order valence-corrected chi connectivity index (χ2v) is 3.71. The van der Waals surface area contributed by atoms with Crippen molar-refractivity contribution in [1.29, 1.82) is 0 Å². The monoisotopic (exact) mass is 199 g/mol. The van der Waals surface area contributed by atoms with E-state index in [2.05, 4.69) is 19.1 Å². The molecule has 0 saturated heterocycles. The standard InChI is InChI=1S/C12H12BO2/c1-8-3-4-11-10(5-8)6-9(2)7-12(11)15-13-14/h3-7,14H,1-2H3. The lowest BCUT2D eigenvalue weighted by Crippen LogP contribution is -2.00. The highest BCUT2D eigenvalue weighted by molar-refractivity contribution is 6.18. The maximum Gasteiger partial charge on any atom is 0.569 e. The second kappa shape index (κ2) is 3.95. The highest BCUT2D eigenvalue weighted by Crippen LogP contribution is 2.27. The Balaban J connectivity index is 2.68. The van der Waals surface area contributed by atoms with Gasteiger partial charge >= 0.3 is 7.69 Å². The van der Waals surface area contributed by atoms with Crippen LogP contribution in [-0.4, -0.2) is 12.7 Å². The minimum absolute atomic E-state index is 0.688. The first-order valence-electron chi connectivity index (χ1n) is 4.84. The van der Waals surface area contributed by atoms with Crippen molar-refractivity contribution in [3.8, 4) is 5.75 Å². The van der Waals surface area contributed by atoms with Crippen LogP contribution in [0.2, 0.25) is 0 Å². The van der Waals surface area contributed by atoms with Gasteiger partial charge in [-0.1, -0.05) is 29.8 Å². The SMILES string of the molecule is Cc1ccc2c(O[B]O)cc(C)cc2c1. The van der Waals surface area contributed by atoms with Crippen LogP contribution in [0.5, 0.6) is 5.75 Å². The highest BCUT2D eigenvalue weighted by atomic mass is 16.5. The summed E-state index contributed by atoms with van der Waals surface area (Å²) >= 11 is 0. The lowest BCUT2D eigenvalue weighted by atomic mass is 10.0. The van der Waals surface area contributed by atoms with Crippen LogP contribution in [0.25, 0.3) is 10.8 Å². The number of benzene rings is 2. The molecule has 2 nitrogen and oxygen atoms in total. The molecule has 3 heteroatoms. The Kier molecular flexibility index (Phi) is 2.65. The van der Waals surface area contributed by atoms with Crippen LogP contribution < -0.4 is 4.65 Å². The Morgan fingerprint density at radius 2 is 1.80 bits per heavy atom. The molecule has 0 unspecified atom stereocenters. The van der Waals surface area contributed by atoms with Gasteiger partial charge in [-0.2, -0.15) is 0 Å². The number of hydrogen-bond donors (Lipinski definition) is 1. The third-order valence-corrected chi connectivity index (χ3v) is 2.39. The molecule has 0 bridgehead atoms.